The molecule has 1 heterocycles. The van der Waals surface area contributed by atoms with Gasteiger partial charge in [0.05, 0.1) is 6.20 Å². The van der Waals surface area contributed by atoms with E-state index in [9.17, 15) is 0 Å². The summed E-state index contributed by atoms with van der Waals surface area (Å²) >= 11 is 0. The number of anilines is 3. The first-order chi connectivity index (χ1) is 12.5. The molecule has 0 aliphatic rings. The zero-order chi connectivity index (χ0) is 18.5. The van der Waals surface area contributed by atoms with E-state index in [-0.39, 0.29) is 0 Å². The largest absolute Gasteiger partial charge is 0.354 e. The van der Waals surface area contributed by atoms with Crippen LogP contribution in [0.15, 0.2) is 54.7 Å². The number of aromatic nitrogens is 3. The van der Waals surface area contributed by atoms with Gasteiger partial charge in [0, 0.05) is 19.3 Å². The first-order valence-corrected chi connectivity index (χ1v) is 8.86. The van der Waals surface area contributed by atoms with Crippen LogP contribution in [0.4, 0.5) is 17.5 Å². The third kappa shape index (κ3) is 4.17. The highest BCUT2D eigenvalue weighted by atomic mass is 15.3. The first kappa shape index (κ1) is 17.9. The lowest BCUT2D eigenvalue weighted by Gasteiger charge is -2.19. The van der Waals surface area contributed by atoms with Crippen molar-refractivity contribution in [1.29, 1.82) is 0 Å². The van der Waals surface area contributed by atoms with Crippen LogP contribution in [0, 0.1) is 6.92 Å². The van der Waals surface area contributed by atoms with E-state index in [1.807, 2.05) is 25.2 Å². The maximum absolute atomic E-state index is 4.65. The van der Waals surface area contributed by atoms with Crippen molar-refractivity contribution < 1.29 is 0 Å². The monoisotopic (exact) mass is 347 g/mol. The van der Waals surface area contributed by atoms with E-state index in [0.29, 0.717) is 11.9 Å². The minimum atomic E-state index is 0.411. The molecule has 0 saturated carbocycles. The standard InChI is InChI=1S/C21H25N5/c1-15(2)18-12-8-9-16(3)20(18)24-21-23-19(13-22-25-21)26(4)14-17-10-6-5-7-11-17/h5-13,15H,14H2,1-4H3,(H,23,24,25). The summed E-state index contributed by atoms with van der Waals surface area (Å²) < 4.78 is 0. The van der Waals surface area contributed by atoms with Crippen molar-refractivity contribution in [3.63, 3.8) is 0 Å². The van der Waals surface area contributed by atoms with Gasteiger partial charge in [0.15, 0.2) is 5.82 Å². The Morgan fingerprint density at radius 3 is 2.54 bits per heavy atom. The van der Waals surface area contributed by atoms with Crippen LogP contribution >= 0.6 is 0 Å². The van der Waals surface area contributed by atoms with Crippen molar-refractivity contribution in [2.24, 2.45) is 0 Å². The molecule has 134 valence electrons. The maximum atomic E-state index is 4.65. The molecule has 1 N–H and O–H groups in total. The average Bonchev–Trinajstić information content (AvgIpc) is 2.64. The Balaban J connectivity index is 1.82. The van der Waals surface area contributed by atoms with Gasteiger partial charge < -0.3 is 10.2 Å². The Morgan fingerprint density at radius 1 is 1.04 bits per heavy atom. The minimum absolute atomic E-state index is 0.411. The number of benzene rings is 2. The van der Waals surface area contributed by atoms with Crippen molar-refractivity contribution in [3.8, 4) is 0 Å². The Hall–Kier alpha value is -2.95. The summed E-state index contributed by atoms with van der Waals surface area (Å²) in [7, 11) is 2.01. The summed E-state index contributed by atoms with van der Waals surface area (Å²) in [6.07, 6.45) is 1.69. The molecule has 0 aliphatic carbocycles. The fourth-order valence-electron chi connectivity index (χ4n) is 2.92. The molecule has 1 aromatic heterocycles. The number of rotatable bonds is 6. The topological polar surface area (TPSA) is 53.9 Å². The molecule has 3 aromatic rings. The average molecular weight is 347 g/mol. The summed E-state index contributed by atoms with van der Waals surface area (Å²) in [6.45, 7) is 7.22. The number of aryl methyl sites for hydroxylation is 1. The van der Waals surface area contributed by atoms with E-state index in [2.05, 4.69) is 76.5 Å². The molecular formula is C21H25N5. The number of nitrogens with zero attached hydrogens (tertiary/aromatic N) is 4. The molecule has 0 bridgehead atoms. The Morgan fingerprint density at radius 2 is 1.81 bits per heavy atom. The molecule has 0 fully saturated rings. The summed E-state index contributed by atoms with van der Waals surface area (Å²) in [6, 6.07) is 16.6. The van der Waals surface area contributed by atoms with Gasteiger partial charge in [-0.3, -0.25) is 0 Å². The quantitative estimate of drug-likeness (QED) is 0.701. The summed E-state index contributed by atoms with van der Waals surface area (Å²) in [5.41, 5.74) is 4.70. The fraction of sp³-hybridized carbons (Fsp3) is 0.286. The SMILES string of the molecule is Cc1cccc(C(C)C)c1Nc1nncc(N(C)Cc2ccccc2)n1. The lowest BCUT2D eigenvalue weighted by atomic mass is 9.98. The molecule has 26 heavy (non-hydrogen) atoms. The lowest BCUT2D eigenvalue weighted by Crippen LogP contribution is -2.19. The molecule has 0 saturated heterocycles. The highest BCUT2D eigenvalue weighted by Crippen LogP contribution is 2.29. The third-order valence-corrected chi connectivity index (χ3v) is 4.36. The fourth-order valence-corrected chi connectivity index (χ4v) is 2.92. The molecule has 0 aliphatic heterocycles. The predicted molar refractivity (Wildman–Crippen MR) is 107 cm³/mol. The molecule has 0 atom stereocenters. The van der Waals surface area contributed by atoms with E-state index in [4.69, 9.17) is 0 Å². The van der Waals surface area contributed by atoms with Gasteiger partial charge in [0.2, 0.25) is 5.95 Å². The second-order valence-electron chi connectivity index (χ2n) is 6.80. The molecule has 0 unspecified atom stereocenters. The zero-order valence-corrected chi connectivity index (χ0v) is 15.8. The van der Waals surface area contributed by atoms with Crippen LogP contribution in [-0.2, 0) is 6.54 Å². The van der Waals surface area contributed by atoms with Gasteiger partial charge in [-0.05, 0) is 29.5 Å². The molecule has 3 rings (SSSR count). The Kier molecular flexibility index (Phi) is 5.46. The van der Waals surface area contributed by atoms with E-state index < -0.39 is 0 Å². The minimum Gasteiger partial charge on any atom is -0.354 e. The Bertz CT molecular complexity index is 861. The zero-order valence-electron chi connectivity index (χ0n) is 15.8. The number of hydrogen-bond donors (Lipinski definition) is 1. The predicted octanol–water partition coefficient (Wildman–Crippen LogP) is 4.68. The number of para-hydroxylation sites is 1. The third-order valence-electron chi connectivity index (χ3n) is 4.36. The number of hydrogen-bond acceptors (Lipinski definition) is 5. The maximum Gasteiger partial charge on any atom is 0.249 e. The number of nitrogens with one attached hydrogen (secondary N) is 1. The summed E-state index contributed by atoms with van der Waals surface area (Å²) in [5.74, 6) is 1.71. The smallest absolute Gasteiger partial charge is 0.249 e. The normalized spacial score (nSPS) is 10.8. The van der Waals surface area contributed by atoms with Crippen molar-refractivity contribution in [2.75, 3.05) is 17.3 Å². The van der Waals surface area contributed by atoms with Crippen LogP contribution in [0.3, 0.4) is 0 Å². The highest BCUT2D eigenvalue weighted by molar-refractivity contribution is 5.64. The molecule has 0 amide bonds. The van der Waals surface area contributed by atoms with Crippen LogP contribution < -0.4 is 10.2 Å². The van der Waals surface area contributed by atoms with Crippen molar-refractivity contribution >= 4 is 17.5 Å². The van der Waals surface area contributed by atoms with Gasteiger partial charge in [0.1, 0.15) is 0 Å². The molecular weight excluding hydrogens is 322 g/mol. The summed E-state index contributed by atoms with van der Waals surface area (Å²) in [4.78, 5) is 6.71. The van der Waals surface area contributed by atoms with Crippen molar-refractivity contribution in [3.05, 3.63) is 71.4 Å². The van der Waals surface area contributed by atoms with Crippen LogP contribution in [0.25, 0.3) is 0 Å². The molecule has 2 aromatic carbocycles. The van der Waals surface area contributed by atoms with E-state index >= 15 is 0 Å². The second kappa shape index (κ2) is 7.95. The van der Waals surface area contributed by atoms with Crippen LogP contribution in [0.2, 0.25) is 0 Å². The molecule has 0 radical (unpaired) electrons. The van der Waals surface area contributed by atoms with Gasteiger partial charge in [0.25, 0.3) is 0 Å². The lowest BCUT2D eigenvalue weighted by molar-refractivity contribution is 0.857. The van der Waals surface area contributed by atoms with Crippen molar-refractivity contribution in [2.45, 2.75) is 33.2 Å². The van der Waals surface area contributed by atoms with E-state index in [1.54, 1.807) is 6.20 Å². The van der Waals surface area contributed by atoms with Crippen LogP contribution in [-0.4, -0.2) is 22.2 Å². The second-order valence-corrected chi connectivity index (χ2v) is 6.80. The van der Waals surface area contributed by atoms with Gasteiger partial charge in [-0.25, -0.2) is 0 Å². The highest BCUT2D eigenvalue weighted by Gasteiger charge is 2.12. The van der Waals surface area contributed by atoms with Gasteiger partial charge >= 0.3 is 0 Å². The molecule has 0 spiro atoms. The first-order valence-electron chi connectivity index (χ1n) is 8.86. The van der Waals surface area contributed by atoms with Crippen LogP contribution in [0.1, 0.15) is 36.5 Å². The van der Waals surface area contributed by atoms with Gasteiger partial charge in [-0.1, -0.05) is 62.4 Å². The van der Waals surface area contributed by atoms with Crippen molar-refractivity contribution in [1.82, 2.24) is 15.2 Å². The van der Waals surface area contributed by atoms with Gasteiger partial charge in [-0.2, -0.15) is 10.1 Å². The van der Waals surface area contributed by atoms with Crippen LogP contribution in [0.5, 0.6) is 0 Å². The summed E-state index contributed by atoms with van der Waals surface area (Å²) in [5, 5.41) is 11.7. The van der Waals surface area contributed by atoms with E-state index in [0.717, 1.165) is 18.1 Å². The molecule has 5 heteroatoms. The van der Waals surface area contributed by atoms with E-state index in [1.165, 1.54) is 16.7 Å². The van der Waals surface area contributed by atoms with Gasteiger partial charge in [-0.15, -0.1) is 5.10 Å². The Labute approximate surface area is 155 Å². The molecule has 5 nitrogen and oxygen atoms in total.